The first-order valence-corrected chi connectivity index (χ1v) is 17.4. The van der Waals surface area contributed by atoms with Crippen LogP contribution in [-0.2, 0) is 30.1 Å². The maximum Gasteiger partial charge on any atom is 0.225 e. The van der Waals surface area contributed by atoms with E-state index in [-0.39, 0.29) is 29.9 Å². The van der Waals surface area contributed by atoms with E-state index in [1.165, 1.54) is 0 Å². The molecule has 4 rings (SSSR count). The van der Waals surface area contributed by atoms with Crippen molar-refractivity contribution < 1.29 is 27.9 Å². The summed E-state index contributed by atoms with van der Waals surface area (Å²) in [6, 6.07) is 5.38. The van der Waals surface area contributed by atoms with E-state index in [1.807, 2.05) is 11.0 Å². The summed E-state index contributed by atoms with van der Waals surface area (Å²) in [6.45, 7) is 14.0. The van der Waals surface area contributed by atoms with Crippen molar-refractivity contribution in [3.05, 3.63) is 42.0 Å². The molecule has 0 bridgehead atoms. The molecule has 2 aromatic rings. The summed E-state index contributed by atoms with van der Waals surface area (Å²) in [6.07, 6.45) is 6.97. The van der Waals surface area contributed by atoms with Crippen LogP contribution in [0.3, 0.4) is 0 Å². The number of oxime groups is 1. The normalized spacial score (nSPS) is 18.7. The Labute approximate surface area is 244 Å². The number of ether oxygens (including phenoxy) is 3. The van der Waals surface area contributed by atoms with E-state index in [0.717, 1.165) is 31.6 Å². The van der Waals surface area contributed by atoms with Gasteiger partial charge in [0.2, 0.25) is 5.95 Å². The van der Waals surface area contributed by atoms with E-state index < -0.39 is 8.32 Å². The summed E-state index contributed by atoms with van der Waals surface area (Å²) in [5.41, 5.74) is 2.56. The van der Waals surface area contributed by atoms with Crippen LogP contribution >= 0.6 is 0 Å². The Hall–Kier alpha value is -2.44. The summed E-state index contributed by atoms with van der Waals surface area (Å²) < 4.78 is 38.5. The fourth-order valence-corrected chi connectivity index (χ4v) is 5.20. The lowest BCUT2D eigenvalue weighted by Crippen LogP contribution is -2.48. The average Bonchev–Trinajstić information content (AvgIpc) is 2.93. The molecular formula is C30H45FN4O5Si. The van der Waals surface area contributed by atoms with Gasteiger partial charge in [0, 0.05) is 49.2 Å². The van der Waals surface area contributed by atoms with Gasteiger partial charge in [0.25, 0.3) is 0 Å². The van der Waals surface area contributed by atoms with Gasteiger partial charge in [0.1, 0.15) is 12.4 Å². The van der Waals surface area contributed by atoms with Crippen LogP contribution in [0.1, 0.15) is 52.0 Å². The van der Waals surface area contributed by atoms with Gasteiger partial charge in [-0.2, -0.15) is 0 Å². The molecule has 0 aliphatic carbocycles. The SMILES string of the molecule is COC(CCON=C1CN(c2ncc(-c3cccc(CO[Si](C)(C)C(C)(C)C)c3F)cn2)C1)COC1CCCCO1. The molecule has 2 atom stereocenters. The van der Waals surface area contributed by atoms with Crippen molar-refractivity contribution >= 4 is 20.0 Å². The van der Waals surface area contributed by atoms with Gasteiger partial charge in [-0.3, -0.25) is 0 Å². The third kappa shape index (κ3) is 8.54. The summed E-state index contributed by atoms with van der Waals surface area (Å²) in [5.74, 6) is 0.287. The minimum atomic E-state index is -1.99. The van der Waals surface area contributed by atoms with Crippen molar-refractivity contribution in [2.45, 2.75) is 83.6 Å². The number of benzene rings is 1. The second-order valence-electron chi connectivity index (χ2n) is 12.2. The van der Waals surface area contributed by atoms with Crippen LogP contribution in [0.5, 0.6) is 0 Å². The fraction of sp³-hybridized carbons (Fsp3) is 0.633. The largest absolute Gasteiger partial charge is 0.412 e. The Morgan fingerprint density at radius 2 is 1.93 bits per heavy atom. The Kier molecular flexibility index (Phi) is 10.9. The molecule has 0 N–H and O–H groups in total. The number of nitrogens with zero attached hydrogens (tertiary/aromatic N) is 4. The third-order valence-corrected chi connectivity index (χ3v) is 12.6. The van der Waals surface area contributed by atoms with Gasteiger partial charge < -0.3 is 28.4 Å². The molecule has 41 heavy (non-hydrogen) atoms. The maximum atomic E-state index is 15.4. The maximum absolute atomic E-state index is 15.4. The number of halogens is 1. The van der Waals surface area contributed by atoms with E-state index in [2.05, 4.69) is 49.0 Å². The summed E-state index contributed by atoms with van der Waals surface area (Å²) in [7, 11) is -0.316. The zero-order valence-corrected chi connectivity index (χ0v) is 26.3. The van der Waals surface area contributed by atoms with E-state index in [9.17, 15) is 0 Å². The van der Waals surface area contributed by atoms with Gasteiger partial charge >= 0.3 is 0 Å². The predicted octanol–water partition coefficient (Wildman–Crippen LogP) is 5.95. The van der Waals surface area contributed by atoms with Gasteiger partial charge in [-0.05, 0) is 37.4 Å². The summed E-state index contributed by atoms with van der Waals surface area (Å²) >= 11 is 0. The molecule has 9 nitrogen and oxygen atoms in total. The lowest BCUT2D eigenvalue weighted by molar-refractivity contribution is -0.178. The molecular weight excluding hydrogens is 543 g/mol. The second kappa shape index (κ2) is 14.2. The lowest BCUT2D eigenvalue weighted by atomic mass is 10.1. The van der Waals surface area contributed by atoms with Gasteiger partial charge in [0.05, 0.1) is 38.1 Å². The quantitative estimate of drug-likeness (QED) is 0.161. The van der Waals surface area contributed by atoms with E-state index >= 15 is 4.39 Å². The number of aromatic nitrogens is 2. The number of rotatable bonds is 13. The van der Waals surface area contributed by atoms with Crippen molar-refractivity contribution in [2.75, 3.05) is 44.9 Å². The molecule has 0 saturated carbocycles. The highest BCUT2D eigenvalue weighted by Crippen LogP contribution is 2.37. The van der Waals surface area contributed by atoms with Gasteiger partial charge in [-0.25, -0.2) is 14.4 Å². The molecule has 0 radical (unpaired) electrons. The molecule has 2 aliphatic heterocycles. The molecule has 11 heteroatoms. The number of hydrogen-bond donors (Lipinski definition) is 0. The summed E-state index contributed by atoms with van der Waals surface area (Å²) in [5, 5.41) is 4.30. The Bertz CT molecular complexity index is 1140. The van der Waals surface area contributed by atoms with Crippen molar-refractivity contribution in [3.8, 4) is 11.1 Å². The molecule has 226 valence electrons. The number of anilines is 1. The van der Waals surface area contributed by atoms with Crippen LogP contribution in [0.25, 0.3) is 11.1 Å². The Morgan fingerprint density at radius 1 is 1.17 bits per heavy atom. The molecule has 2 fully saturated rings. The monoisotopic (exact) mass is 588 g/mol. The molecule has 1 aromatic heterocycles. The van der Waals surface area contributed by atoms with Crippen LogP contribution in [0.15, 0.2) is 35.7 Å². The highest BCUT2D eigenvalue weighted by atomic mass is 28.4. The van der Waals surface area contributed by atoms with Crippen molar-refractivity contribution in [2.24, 2.45) is 5.16 Å². The molecule has 2 unspecified atom stereocenters. The van der Waals surface area contributed by atoms with E-state index in [1.54, 1.807) is 31.6 Å². The topological polar surface area (TPSA) is 87.5 Å². The number of hydrogen-bond acceptors (Lipinski definition) is 9. The smallest absolute Gasteiger partial charge is 0.225 e. The molecule has 3 heterocycles. The fourth-order valence-electron chi connectivity index (χ4n) is 4.25. The predicted molar refractivity (Wildman–Crippen MR) is 160 cm³/mol. The van der Waals surface area contributed by atoms with E-state index in [0.29, 0.717) is 55.4 Å². The first-order chi connectivity index (χ1) is 19.6. The van der Waals surface area contributed by atoms with Crippen LogP contribution in [-0.4, -0.2) is 76.4 Å². The minimum absolute atomic E-state index is 0.0603. The van der Waals surface area contributed by atoms with Gasteiger partial charge in [0.15, 0.2) is 14.6 Å². The minimum Gasteiger partial charge on any atom is -0.412 e. The van der Waals surface area contributed by atoms with Crippen molar-refractivity contribution in [3.63, 3.8) is 0 Å². The Balaban J connectivity index is 1.22. The molecule has 0 spiro atoms. The highest BCUT2D eigenvalue weighted by molar-refractivity contribution is 6.74. The third-order valence-electron chi connectivity index (χ3n) is 8.12. The first kappa shape index (κ1) is 31.5. The van der Waals surface area contributed by atoms with Crippen LogP contribution in [0.2, 0.25) is 18.1 Å². The van der Waals surface area contributed by atoms with Crippen LogP contribution in [0.4, 0.5) is 10.3 Å². The van der Waals surface area contributed by atoms with Gasteiger partial charge in [-0.1, -0.05) is 44.1 Å². The van der Waals surface area contributed by atoms with E-state index in [4.69, 9.17) is 23.5 Å². The zero-order valence-electron chi connectivity index (χ0n) is 25.3. The molecule has 2 aliphatic rings. The first-order valence-electron chi connectivity index (χ1n) is 14.5. The van der Waals surface area contributed by atoms with Crippen molar-refractivity contribution in [1.29, 1.82) is 0 Å². The summed E-state index contributed by atoms with van der Waals surface area (Å²) in [4.78, 5) is 16.5. The van der Waals surface area contributed by atoms with Crippen LogP contribution in [0, 0.1) is 5.82 Å². The molecule has 1 aromatic carbocycles. The average molecular weight is 589 g/mol. The number of methoxy groups -OCH3 is 1. The lowest BCUT2D eigenvalue weighted by Gasteiger charge is -2.36. The highest BCUT2D eigenvalue weighted by Gasteiger charge is 2.37. The standard InChI is InChI=1S/C30H45FN4O5Si/c1-30(2,3)41(5,6)40-20-22-10-9-11-26(28(22)31)23-16-32-29(33-17-23)35-18-24(19-35)34-39-15-13-25(36-4)21-38-27-12-7-8-14-37-27/h9-11,16-17,25,27H,7-8,12-15,18-21H2,1-6H3. The van der Waals surface area contributed by atoms with Gasteiger partial charge in [-0.15, -0.1) is 0 Å². The Morgan fingerprint density at radius 3 is 2.59 bits per heavy atom. The van der Waals surface area contributed by atoms with Crippen molar-refractivity contribution in [1.82, 2.24) is 9.97 Å². The van der Waals surface area contributed by atoms with Crippen LogP contribution < -0.4 is 4.90 Å². The second-order valence-corrected chi connectivity index (χ2v) is 17.0. The molecule has 2 saturated heterocycles. The zero-order chi connectivity index (χ0) is 29.5. The molecule has 0 amide bonds.